The van der Waals surface area contributed by atoms with Crippen molar-refractivity contribution in [3.05, 3.63) is 29.8 Å². The fourth-order valence-corrected chi connectivity index (χ4v) is 3.02. The van der Waals surface area contributed by atoms with Crippen LogP contribution in [0.5, 0.6) is 0 Å². The van der Waals surface area contributed by atoms with E-state index in [4.69, 9.17) is 5.73 Å². The number of fused-ring (bicyclic) bond motifs is 1. The van der Waals surface area contributed by atoms with Crippen molar-refractivity contribution in [2.75, 3.05) is 5.32 Å². The average Bonchev–Trinajstić information content (AvgIpc) is 2.98. The second kappa shape index (κ2) is 4.06. The third-order valence-electron chi connectivity index (χ3n) is 4.03. The van der Waals surface area contributed by atoms with Crippen LogP contribution in [0.25, 0.3) is 0 Å². The minimum absolute atomic E-state index is 0.276. The number of carbonyl (C=O) groups excluding carboxylic acids is 1. The van der Waals surface area contributed by atoms with Crippen LogP contribution in [0.15, 0.2) is 24.3 Å². The zero-order valence-electron chi connectivity index (χ0n) is 9.86. The Bertz CT molecular complexity index is 426. The predicted octanol–water partition coefficient (Wildman–Crippen LogP) is 1.92. The third-order valence-corrected chi connectivity index (χ3v) is 4.03. The molecule has 2 saturated carbocycles. The molecule has 0 radical (unpaired) electrons. The molecule has 17 heavy (non-hydrogen) atoms. The summed E-state index contributed by atoms with van der Waals surface area (Å²) in [4.78, 5) is 10.8. The zero-order chi connectivity index (χ0) is 11.8. The standard InChI is InChI=1S/C14H18N2O/c15-14(17)7-9-1-4-11(5-2-9)16-13-6-3-10-8-12(10)13/h1-2,4-5,10,12-13,16H,3,6-8H2,(H2,15,17). The first-order valence-corrected chi connectivity index (χ1v) is 6.36. The highest BCUT2D eigenvalue weighted by Crippen LogP contribution is 2.52. The summed E-state index contributed by atoms with van der Waals surface area (Å²) in [6.07, 6.45) is 4.44. The Balaban J connectivity index is 1.61. The van der Waals surface area contributed by atoms with Gasteiger partial charge in [-0.1, -0.05) is 12.1 Å². The Morgan fingerprint density at radius 3 is 2.59 bits per heavy atom. The maximum atomic E-state index is 10.8. The largest absolute Gasteiger partial charge is 0.382 e. The smallest absolute Gasteiger partial charge is 0.221 e. The highest BCUT2D eigenvalue weighted by atomic mass is 16.1. The topological polar surface area (TPSA) is 55.1 Å². The number of anilines is 1. The lowest BCUT2D eigenvalue weighted by atomic mass is 10.1. The predicted molar refractivity (Wildman–Crippen MR) is 67.6 cm³/mol. The first kappa shape index (κ1) is 10.6. The summed E-state index contributed by atoms with van der Waals surface area (Å²) < 4.78 is 0. The van der Waals surface area contributed by atoms with Gasteiger partial charge in [0.1, 0.15) is 0 Å². The maximum absolute atomic E-state index is 10.8. The molecule has 0 bridgehead atoms. The number of benzene rings is 1. The third kappa shape index (κ3) is 2.28. The van der Waals surface area contributed by atoms with E-state index >= 15 is 0 Å². The number of rotatable bonds is 4. The second-order valence-corrected chi connectivity index (χ2v) is 5.33. The van der Waals surface area contributed by atoms with E-state index in [0.717, 1.165) is 23.1 Å². The van der Waals surface area contributed by atoms with Crippen molar-refractivity contribution in [3.8, 4) is 0 Å². The molecular weight excluding hydrogens is 212 g/mol. The van der Waals surface area contributed by atoms with Gasteiger partial charge < -0.3 is 11.1 Å². The number of amides is 1. The molecule has 3 nitrogen and oxygen atoms in total. The zero-order valence-corrected chi connectivity index (χ0v) is 9.86. The molecule has 3 N–H and O–H groups in total. The highest BCUT2D eigenvalue weighted by Gasteiger charge is 2.47. The summed E-state index contributed by atoms with van der Waals surface area (Å²) in [7, 11) is 0. The number of nitrogens with two attached hydrogens (primary N) is 1. The van der Waals surface area contributed by atoms with Gasteiger partial charge in [-0.3, -0.25) is 4.79 Å². The Morgan fingerprint density at radius 2 is 2.06 bits per heavy atom. The van der Waals surface area contributed by atoms with Gasteiger partial charge in [0, 0.05) is 11.7 Å². The van der Waals surface area contributed by atoms with Crippen LogP contribution in [-0.2, 0) is 11.2 Å². The van der Waals surface area contributed by atoms with E-state index in [1.165, 1.54) is 19.3 Å². The van der Waals surface area contributed by atoms with Crippen LogP contribution in [0.4, 0.5) is 5.69 Å². The van der Waals surface area contributed by atoms with Crippen molar-refractivity contribution in [1.82, 2.24) is 0 Å². The normalized spacial score (nSPS) is 29.8. The first-order chi connectivity index (χ1) is 8.22. The SMILES string of the molecule is NC(=O)Cc1ccc(NC2CCC3CC32)cc1. The molecule has 2 aliphatic carbocycles. The molecule has 2 aliphatic rings. The highest BCUT2D eigenvalue weighted by molar-refractivity contribution is 5.76. The van der Waals surface area contributed by atoms with Crippen molar-refractivity contribution in [3.63, 3.8) is 0 Å². The van der Waals surface area contributed by atoms with Crippen molar-refractivity contribution in [2.45, 2.75) is 31.7 Å². The second-order valence-electron chi connectivity index (χ2n) is 5.33. The van der Waals surface area contributed by atoms with Gasteiger partial charge in [0.25, 0.3) is 0 Å². The van der Waals surface area contributed by atoms with Gasteiger partial charge in [0.2, 0.25) is 5.91 Å². The molecule has 0 saturated heterocycles. The average molecular weight is 230 g/mol. The lowest BCUT2D eigenvalue weighted by Crippen LogP contribution is -2.18. The van der Waals surface area contributed by atoms with Gasteiger partial charge in [0.15, 0.2) is 0 Å². The lowest BCUT2D eigenvalue weighted by molar-refractivity contribution is -0.117. The van der Waals surface area contributed by atoms with Gasteiger partial charge in [-0.05, 0) is 48.8 Å². The number of primary amides is 1. The maximum Gasteiger partial charge on any atom is 0.221 e. The van der Waals surface area contributed by atoms with E-state index < -0.39 is 0 Å². The van der Waals surface area contributed by atoms with Crippen LogP contribution >= 0.6 is 0 Å². The van der Waals surface area contributed by atoms with Crippen LogP contribution in [-0.4, -0.2) is 11.9 Å². The van der Waals surface area contributed by atoms with Gasteiger partial charge in [0.05, 0.1) is 6.42 Å². The summed E-state index contributed by atoms with van der Waals surface area (Å²) in [6, 6.07) is 8.72. The molecule has 3 atom stereocenters. The van der Waals surface area contributed by atoms with E-state index in [1.807, 2.05) is 24.3 Å². The van der Waals surface area contributed by atoms with E-state index in [1.54, 1.807) is 0 Å². The molecule has 2 fully saturated rings. The molecule has 1 amide bonds. The van der Waals surface area contributed by atoms with Crippen molar-refractivity contribution in [2.24, 2.45) is 17.6 Å². The van der Waals surface area contributed by atoms with Gasteiger partial charge in [-0.25, -0.2) is 0 Å². The fraction of sp³-hybridized carbons (Fsp3) is 0.500. The Hall–Kier alpha value is -1.51. The molecule has 0 aliphatic heterocycles. The van der Waals surface area contributed by atoms with Crippen LogP contribution in [0.2, 0.25) is 0 Å². The van der Waals surface area contributed by atoms with E-state index in [0.29, 0.717) is 12.5 Å². The molecule has 3 rings (SSSR count). The number of carbonyl (C=O) groups is 1. The monoisotopic (exact) mass is 230 g/mol. The summed E-state index contributed by atoms with van der Waals surface area (Å²) in [5, 5.41) is 3.60. The number of hydrogen-bond donors (Lipinski definition) is 2. The van der Waals surface area contributed by atoms with Crippen molar-refractivity contribution in [1.29, 1.82) is 0 Å². The van der Waals surface area contributed by atoms with Gasteiger partial charge in [-0.15, -0.1) is 0 Å². The molecule has 0 aromatic heterocycles. The molecular formula is C14H18N2O. The summed E-state index contributed by atoms with van der Waals surface area (Å²) in [6.45, 7) is 0. The quantitative estimate of drug-likeness (QED) is 0.830. The van der Waals surface area contributed by atoms with Gasteiger partial charge >= 0.3 is 0 Å². The fourth-order valence-electron chi connectivity index (χ4n) is 3.02. The van der Waals surface area contributed by atoms with E-state index in [2.05, 4.69) is 5.32 Å². The molecule has 1 aromatic carbocycles. The molecule has 0 heterocycles. The summed E-state index contributed by atoms with van der Waals surface area (Å²) >= 11 is 0. The minimum atomic E-state index is -0.276. The van der Waals surface area contributed by atoms with Crippen LogP contribution in [0.3, 0.4) is 0 Å². The Kier molecular flexibility index (Phi) is 2.54. The van der Waals surface area contributed by atoms with Crippen molar-refractivity contribution < 1.29 is 4.79 Å². The van der Waals surface area contributed by atoms with Crippen LogP contribution < -0.4 is 11.1 Å². The lowest BCUT2D eigenvalue weighted by Gasteiger charge is -2.15. The van der Waals surface area contributed by atoms with Gasteiger partial charge in [-0.2, -0.15) is 0 Å². The first-order valence-electron chi connectivity index (χ1n) is 6.36. The molecule has 90 valence electrons. The molecule has 3 heteroatoms. The van der Waals surface area contributed by atoms with Crippen LogP contribution in [0, 0.1) is 11.8 Å². The van der Waals surface area contributed by atoms with E-state index in [9.17, 15) is 4.79 Å². The number of hydrogen-bond acceptors (Lipinski definition) is 2. The number of nitrogens with one attached hydrogen (secondary N) is 1. The minimum Gasteiger partial charge on any atom is -0.382 e. The molecule has 3 unspecified atom stereocenters. The Labute approximate surface area is 101 Å². The summed E-state index contributed by atoms with van der Waals surface area (Å²) in [5.41, 5.74) is 7.31. The van der Waals surface area contributed by atoms with Crippen molar-refractivity contribution >= 4 is 11.6 Å². The summed E-state index contributed by atoms with van der Waals surface area (Å²) in [5.74, 6) is 1.64. The molecule has 1 aromatic rings. The Morgan fingerprint density at radius 1 is 1.29 bits per heavy atom. The molecule has 0 spiro atoms. The van der Waals surface area contributed by atoms with Crippen LogP contribution in [0.1, 0.15) is 24.8 Å². The van der Waals surface area contributed by atoms with E-state index in [-0.39, 0.29) is 5.91 Å².